The van der Waals surface area contributed by atoms with Crippen molar-refractivity contribution in [1.82, 2.24) is 0 Å². The lowest BCUT2D eigenvalue weighted by molar-refractivity contribution is 0.536. The highest BCUT2D eigenvalue weighted by atomic mass is 16.3. The second-order valence-corrected chi connectivity index (χ2v) is 3.18. The van der Waals surface area contributed by atoms with E-state index in [1.165, 1.54) is 19.1 Å². The Balaban J connectivity index is 2.26. The first-order valence-electron chi connectivity index (χ1n) is 4.06. The summed E-state index contributed by atoms with van der Waals surface area (Å²) in [7, 11) is 0. The van der Waals surface area contributed by atoms with Gasteiger partial charge in [-0.25, -0.2) is 0 Å². The van der Waals surface area contributed by atoms with Crippen molar-refractivity contribution in [3.8, 4) is 6.07 Å². The van der Waals surface area contributed by atoms with Crippen LogP contribution in [0.4, 0.5) is 0 Å². The molecule has 0 aliphatic heterocycles. The van der Waals surface area contributed by atoms with E-state index in [1.807, 2.05) is 6.07 Å². The first-order valence-corrected chi connectivity index (χ1v) is 4.06. The van der Waals surface area contributed by atoms with Crippen molar-refractivity contribution < 1.29 is 4.42 Å². The number of nitriles is 1. The average molecular weight is 162 g/mol. The van der Waals surface area contributed by atoms with E-state index in [1.54, 1.807) is 6.07 Å². The van der Waals surface area contributed by atoms with E-state index in [9.17, 15) is 0 Å². The summed E-state index contributed by atoms with van der Waals surface area (Å²) in [5.74, 6) is 0.934. The molecule has 1 unspecified atom stereocenters. The lowest BCUT2D eigenvalue weighted by Gasteiger charge is -2.06. The summed E-state index contributed by atoms with van der Waals surface area (Å²) < 4.78 is 4.97. The summed E-state index contributed by atoms with van der Waals surface area (Å²) in [5, 5.41) is 8.66. The molecule has 2 rings (SSSR count). The first-order chi connectivity index (χ1) is 5.83. The summed E-state index contributed by atoms with van der Waals surface area (Å²) in [6, 6.07) is 3.78. The molecule has 0 spiro atoms. The van der Waals surface area contributed by atoms with Crippen LogP contribution in [0.5, 0.6) is 0 Å². The minimum absolute atomic E-state index is 0.00148. The summed E-state index contributed by atoms with van der Waals surface area (Å²) in [6.07, 6.45) is 3.88. The smallest absolute Gasteiger partial charge is 0.207 e. The van der Waals surface area contributed by atoms with Crippen LogP contribution in [0.1, 0.15) is 30.2 Å². The molecule has 2 N–H and O–H groups in total. The van der Waals surface area contributed by atoms with Gasteiger partial charge < -0.3 is 10.2 Å². The summed E-state index contributed by atoms with van der Waals surface area (Å²) >= 11 is 0. The molecular weight excluding hydrogens is 152 g/mol. The number of hydrogen-bond acceptors (Lipinski definition) is 3. The van der Waals surface area contributed by atoms with Crippen LogP contribution in [0.15, 0.2) is 16.7 Å². The van der Waals surface area contributed by atoms with Gasteiger partial charge in [-0.15, -0.1) is 0 Å². The molecular formula is C9H10N2O. The van der Waals surface area contributed by atoms with E-state index in [2.05, 4.69) is 0 Å². The summed E-state index contributed by atoms with van der Waals surface area (Å²) in [4.78, 5) is 0. The van der Waals surface area contributed by atoms with E-state index >= 15 is 0 Å². The summed E-state index contributed by atoms with van der Waals surface area (Å²) in [6.45, 7) is 0. The molecule has 3 nitrogen and oxygen atoms in total. The standard InChI is InChI=1S/C9H10N2O/c10-5-8-7(3-4-12-8)9(11)6-1-2-6/h3-4,6,9H,1-2,11H2. The maximum absolute atomic E-state index is 8.66. The molecule has 3 heteroatoms. The minimum atomic E-state index is -0.00148. The molecule has 0 amide bonds. The van der Waals surface area contributed by atoms with Gasteiger partial charge in [-0.05, 0) is 24.8 Å². The molecule has 1 atom stereocenters. The highest BCUT2D eigenvalue weighted by molar-refractivity contribution is 5.31. The van der Waals surface area contributed by atoms with E-state index < -0.39 is 0 Å². The van der Waals surface area contributed by atoms with Crippen LogP contribution in [0.25, 0.3) is 0 Å². The van der Waals surface area contributed by atoms with Crippen molar-refractivity contribution in [1.29, 1.82) is 5.26 Å². The second kappa shape index (κ2) is 2.65. The fourth-order valence-corrected chi connectivity index (χ4v) is 1.38. The van der Waals surface area contributed by atoms with Crippen LogP contribution in [-0.4, -0.2) is 0 Å². The maximum atomic E-state index is 8.66. The molecule has 0 saturated heterocycles. The van der Waals surface area contributed by atoms with E-state index in [0.29, 0.717) is 11.7 Å². The van der Waals surface area contributed by atoms with Crippen LogP contribution in [0.3, 0.4) is 0 Å². The Morgan fingerprint density at radius 1 is 1.67 bits per heavy atom. The van der Waals surface area contributed by atoms with Crippen molar-refractivity contribution >= 4 is 0 Å². The van der Waals surface area contributed by atoms with Crippen molar-refractivity contribution in [3.05, 3.63) is 23.7 Å². The van der Waals surface area contributed by atoms with Crippen molar-refractivity contribution in [2.45, 2.75) is 18.9 Å². The maximum Gasteiger partial charge on any atom is 0.207 e. The van der Waals surface area contributed by atoms with Crippen molar-refractivity contribution in [2.75, 3.05) is 0 Å². The van der Waals surface area contributed by atoms with E-state index in [4.69, 9.17) is 15.4 Å². The first kappa shape index (κ1) is 7.38. The quantitative estimate of drug-likeness (QED) is 0.717. The van der Waals surface area contributed by atoms with Gasteiger partial charge >= 0.3 is 0 Å². The summed E-state index contributed by atoms with van der Waals surface area (Å²) in [5.41, 5.74) is 6.77. The predicted molar refractivity (Wildman–Crippen MR) is 43.1 cm³/mol. The highest BCUT2D eigenvalue weighted by Gasteiger charge is 2.31. The Hall–Kier alpha value is -1.27. The Morgan fingerprint density at radius 2 is 2.42 bits per heavy atom. The predicted octanol–water partition coefficient (Wildman–Crippen LogP) is 1.56. The zero-order valence-corrected chi connectivity index (χ0v) is 6.66. The molecule has 1 heterocycles. The number of hydrogen-bond donors (Lipinski definition) is 1. The largest absolute Gasteiger partial charge is 0.454 e. The molecule has 0 bridgehead atoms. The fraction of sp³-hybridized carbons (Fsp3) is 0.444. The van der Waals surface area contributed by atoms with Gasteiger partial charge in [0.05, 0.1) is 6.26 Å². The van der Waals surface area contributed by atoms with Gasteiger partial charge in [0.1, 0.15) is 6.07 Å². The highest BCUT2D eigenvalue weighted by Crippen LogP contribution is 2.40. The minimum Gasteiger partial charge on any atom is -0.454 e. The van der Waals surface area contributed by atoms with E-state index in [0.717, 1.165) is 5.56 Å². The topological polar surface area (TPSA) is 63.0 Å². The number of furan rings is 1. The number of nitrogens with two attached hydrogens (primary N) is 1. The van der Waals surface area contributed by atoms with Crippen LogP contribution in [0, 0.1) is 17.2 Å². The monoisotopic (exact) mass is 162 g/mol. The van der Waals surface area contributed by atoms with E-state index in [-0.39, 0.29) is 6.04 Å². The van der Waals surface area contributed by atoms with Crippen LogP contribution in [-0.2, 0) is 0 Å². The van der Waals surface area contributed by atoms with Crippen LogP contribution in [0.2, 0.25) is 0 Å². The second-order valence-electron chi connectivity index (χ2n) is 3.18. The van der Waals surface area contributed by atoms with Crippen LogP contribution >= 0.6 is 0 Å². The molecule has 1 fully saturated rings. The molecule has 1 aliphatic rings. The number of rotatable bonds is 2. The molecule has 0 radical (unpaired) electrons. The average Bonchev–Trinajstić information content (AvgIpc) is 2.82. The Bertz CT molecular complexity index is 320. The van der Waals surface area contributed by atoms with Crippen LogP contribution < -0.4 is 5.73 Å². The zero-order chi connectivity index (χ0) is 8.55. The fourth-order valence-electron chi connectivity index (χ4n) is 1.38. The van der Waals surface area contributed by atoms with Gasteiger partial charge in [0.15, 0.2) is 0 Å². The lowest BCUT2D eigenvalue weighted by Crippen LogP contribution is -2.12. The Kier molecular flexibility index (Phi) is 1.63. The molecule has 1 aliphatic carbocycles. The Labute approximate surface area is 70.8 Å². The molecule has 0 aromatic carbocycles. The van der Waals surface area contributed by atoms with Gasteiger partial charge in [-0.2, -0.15) is 5.26 Å². The Morgan fingerprint density at radius 3 is 3.00 bits per heavy atom. The van der Waals surface area contributed by atoms with Gasteiger partial charge in [0.2, 0.25) is 5.76 Å². The number of nitrogens with zero attached hydrogens (tertiary/aromatic N) is 1. The molecule has 62 valence electrons. The molecule has 12 heavy (non-hydrogen) atoms. The molecule has 1 aromatic rings. The van der Waals surface area contributed by atoms with Gasteiger partial charge in [0.25, 0.3) is 0 Å². The van der Waals surface area contributed by atoms with Crippen molar-refractivity contribution in [3.63, 3.8) is 0 Å². The van der Waals surface area contributed by atoms with Crippen molar-refractivity contribution in [2.24, 2.45) is 11.7 Å². The zero-order valence-electron chi connectivity index (χ0n) is 6.66. The molecule has 1 aromatic heterocycles. The van der Waals surface area contributed by atoms with Gasteiger partial charge in [-0.3, -0.25) is 0 Å². The lowest BCUT2D eigenvalue weighted by atomic mass is 10.0. The third-order valence-electron chi connectivity index (χ3n) is 2.29. The normalized spacial score (nSPS) is 18.7. The third-order valence-corrected chi connectivity index (χ3v) is 2.29. The third kappa shape index (κ3) is 1.10. The van der Waals surface area contributed by atoms with Gasteiger partial charge in [0, 0.05) is 11.6 Å². The molecule has 1 saturated carbocycles. The SMILES string of the molecule is N#Cc1occc1C(N)C1CC1. The van der Waals surface area contributed by atoms with Gasteiger partial charge in [-0.1, -0.05) is 0 Å².